The summed E-state index contributed by atoms with van der Waals surface area (Å²) in [6.45, 7) is 1.96. The van der Waals surface area contributed by atoms with Crippen molar-refractivity contribution in [3.8, 4) is 0 Å². The predicted molar refractivity (Wildman–Crippen MR) is 75.0 cm³/mol. The minimum absolute atomic E-state index is 0.127. The average molecular weight is 281 g/mol. The number of halogens is 2. The van der Waals surface area contributed by atoms with Crippen molar-refractivity contribution < 1.29 is 8.78 Å². The number of anilines is 1. The number of nitrogens with zero attached hydrogens (tertiary/aromatic N) is 2. The molecule has 0 atom stereocenters. The summed E-state index contributed by atoms with van der Waals surface area (Å²) in [6.07, 6.45) is 4.48. The van der Waals surface area contributed by atoms with Crippen molar-refractivity contribution in [2.75, 3.05) is 18.0 Å². The summed E-state index contributed by atoms with van der Waals surface area (Å²) in [7, 11) is 0. The fourth-order valence-corrected chi connectivity index (χ4v) is 3.30. The van der Waals surface area contributed by atoms with Gasteiger partial charge in [-0.15, -0.1) is 0 Å². The molecule has 1 saturated carbocycles. The second-order valence-electron chi connectivity index (χ2n) is 6.08. The quantitative estimate of drug-likeness (QED) is 0.906. The minimum Gasteiger partial charge on any atom is -0.356 e. The number of rotatable bonds is 2. The smallest absolute Gasteiger partial charge is 0.248 e. The molecule has 0 radical (unpaired) electrons. The number of aromatic nitrogens is 1. The first kappa shape index (κ1) is 13.7. The van der Waals surface area contributed by atoms with Crippen molar-refractivity contribution in [2.24, 2.45) is 5.73 Å². The Morgan fingerprint density at radius 3 is 2.40 bits per heavy atom. The molecule has 5 heteroatoms. The molecule has 1 aliphatic heterocycles. The first-order valence-electron chi connectivity index (χ1n) is 7.37. The second kappa shape index (κ2) is 4.95. The van der Waals surface area contributed by atoms with Gasteiger partial charge in [-0.2, -0.15) is 0 Å². The van der Waals surface area contributed by atoms with E-state index in [-0.39, 0.29) is 12.8 Å². The Morgan fingerprint density at radius 1 is 1.10 bits per heavy atom. The highest BCUT2D eigenvalue weighted by molar-refractivity contribution is 5.51. The minimum atomic E-state index is -2.56. The van der Waals surface area contributed by atoms with Crippen LogP contribution < -0.4 is 10.6 Å². The Bertz CT molecular complexity index is 474. The van der Waals surface area contributed by atoms with Gasteiger partial charge in [0.2, 0.25) is 5.92 Å². The van der Waals surface area contributed by atoms with Gasteiger partial charge in [-0.05, 0) is 31.7 Å². The van der Waals surface area contributed by atoms with E-state index in [0.717, 1.165) is 37.3 Å². The van der Waals surface area contributed by atoms with E-state index in [9.17, 15) is 8.78 Å². The zero-order valence-electron chi connectivity index (χ0n) is 11.6. The maximum absolute atomic E-state index is 13.4. The molecule has 1 aromatic heterocycles. The third-order valence-electron chi connectivity index (χ3n) is 4.60. The number of pyridine rings is 1. The molecule has 1 aliphatic carbocycles. The lowest BCUT2D eigenvalue weighted by Crippen LogP contribution is -2.44. The van der Waals surface area contributed by atoms with Crippen LogP contribution in [0.3, 0.4) is 0 Å². The van der Waals surface area contributed by atoms with Gasteiger partial charge < -0.3 is 10.6 Å². The van der Waals surface area contributed by atoms with Crippen LogP contribution in [0.4, 0.5) is 14.6 Å². The van der Waals surface area contributed by atoms with Crippen LogP contribution in [0, 0.1) is 0 Å². The normalized spacial score (nSPS) is 24.9. The van der Waals surface area contributed by atoms with Crippen molar-refractivity contribution in [1.29, 1.82) is 0 Å². The summed E-state index contributed by atoms with van der Waals surface area (Å²) in [6, 6.07) is 3.82. The lowest BCUT2D eigenvalue weighted by molar-refractivity contribution is -0.0513. The van der Waals surface area contributed by atoms with Gasteiger partial charge in [0.25, 0.3) is 0 Å². The molecule has 20 heavy (non-hydrogen) atoms. The van der Waals surface area contributed by atoms with Gasteiger partial charge in [-0.25, -0.2) is 13.8 Å². The first-order chi connectivity index (χ1) is 9.50. The first-order valence-corrected chi connectivity index (χ1v) is 7.37. The van der Waals surface area contributed by atoms with E-state index < -0.39 is 11.5 Å². The van der Waals surface area contributed by atoms with Crippen molar-refractivity contribution in [3.63, 3.8) is 0 Å². The lowest BCUT2D eigenvalue weighted by atomic mass is 9.76. The summed E-state index contributed by atoms with van der Waals surface area (Å²) in [5.74, 6) is -1.66. The van der Waals surface area contributed by atoms with Crippen LogP contribution in [0.1, 0.15) is 44.1 Å². The van der Waals surface area contributed by atoms with Crippen LogP contribution in [-0.4, -0.2) is 24.0 Å². The summed E-state index contributed by atoms with van der Waals surface area (Å²) < 4.78 is 26.8. The third-order valence-corrected chi connectivity index (χ3v) is 4.60. The molecule has 3 nitrogen and oxygen atoms in total. The van der Waals surface area contributed by atoms with Gasteiger partial charge in [-0.3, -0.25) is 0 Å². The van der Waals surface area contributed by atoms with E-state index in [0.29, 0.717) is 12.8 Å². The molecule has 0 unspecified atom stereocenters. The van der Waals surface area contributed by atoms with E-state index in [1.807, 2.05) is 12.1 Å². The van der Waals surface area contributed by atoms with Crippen molar-refractivity contribution >= 4 is 5.82 Å². The van der Waals surface area contributed by atoms with E-state index in [4.69, 9.17) is 5.73 Å². The number of nitrogens with two attached hydrogens (primary N) is 1. The van der Waals surface area contributed by atoms with Crippen molar-refractivity contribution in [2.45, 2.75) is 50.0 Å². The molecule has 0 amide bonds. The highest BCUT2D eigenvalue weighted by atomic mass is 19.3. The van der Waals surface area contributed by atoms with E-state index in [1.54, 1.807) is 6.20 Å². The molecular weight excluding hydrogens is 260 g/mol. The zero-order valence-corrected chi connectivity index (χ0v) is 11.6. The van der Waals surface area contributed by atoms with Gasteiger partial charge in [0.15, 0.2) is 0 Å². The van der Waals surface area contributed by atoms with E-state index in [1.165, 1.54) is 0 Å². The molecule has 2 fully saturated rings. The lowest BCUT2D eigenvalue weighted by Gasteiger charge is -2.39. The highest BCUT2D eigenvalue weighted by Gasteiger charge is 2.43. The van der Waals surface area contributed by atoms with Gasteiger partial charge >= 0.3 is 0 Å². The molecule has 0 spiro atoms. The number of hydrogen-bond donors (Lipinski definition) is 1. The van der Waals surface area contributed by atoms with Crippen molar-refractivity contribution in [3.05, 3.63) is 23.9 Å². The standard InChI is InChI=1S/C15H21F2N3/c16-15(17)7-5-14(18,6-8-15)12-4-3-9-19-13(12)20-10-1-2-11-20/h3-4,9H,1-2,5-8,10-11,18H2. The number of hydrogen-bond acceptors (Lipinski definition) is 3. The van der Waals surface area contributed by atoms with Gasteiger partial charge in [0, 0.05) is 43.2 Å². The topological polar surface area (TPSA) is 42.1 Å². The van der Waals surface area contributed by atoms with Crippen LogP contribution >= 0.6 is 0 Å². The Labute approximate surface area is 118 Å². The zero-order chi connectivity index (χ0) is 14.2. The molecule has 0 bridgehead atoms. The SMILES string of the molecule is NC1(c2cccnc2N2CCCC2)CCC(F)(F)CC1. The number of alkyl halides is 2. The van der Waals surface area contributed by atoms with Gasteiger partial charge in [-0.1, -0.05) is 6.07 Å². The average Bonchev–Trinajstić information content (AvgIpc) is 2.97. The molecule has 1 aromatic rings. The van der Waals surface area contributed by atoms with Crippen molar-refractivity contribution in [1.82, 2.24) is 4.98 Å². The Kier molecular flexibility index (Phi) is 3.40. The molecule has 0 aromatic carbocycles. The van der Waals surface area contributed by atoms with Gasteiger partial charge in [0.1, 0.15) is 5.82 Å². The van der Waals surface area contributed by atoms with Crippen LogP contribution in [-0.2, 0) is 5.54 Å². The summed E-state index contributed by atoms with van der Waals surface area (Å²) in [5.41, 5.74) is 6.75. The molecule has 2 N–H and O–H groups in total. The van der Waals surface area contributed by atoms with Crippen LogP contribution in [0.15, 0.2) is 18.3 Å². The molecule has 3 rings (SSSR count). The molecule has 2 heterocycles. The Hall–Kier alpha value is -1.23. The monoisotopic (exact) mass is 281 g/mol. The Balaban J connectivity index is 1.89. The summed E-state index contributed by atoms with van der Waals surface area (Å²) in [5, 5.41) is 0. The molecule has 1 saturated heterocycles. The fraction of sp³-hybridized carbons (Fsp3) is 0.667. The second-order valence-corrected chi connectivity index (χ2v) is 6.08. The van der Waals surface area contributed by atoms with Gasteiger partial charge in [0.05, 0.1) is 0 Å². The molecular formula is C15H21F2N3. The van der Waals surface area contributed by atoms with Crippen LogP contribution in [0.2, 0.25) is 0 Å². The Morgan fingerprint density at radius 2 is 1.75 bits per heavy atom. The maximum Gasteiger partial charge on any atom is 0.248 e. The van der Waals surface area contributed by atoms with E-state index >= 15 is 0 Å². The summed E-state index contributed by atoms with van der Waals surface area (Å²) in [4.78, 5) is 6.71. The largest absolute Gasteiger partial charge is 0.356 e. The van der Waals surface area contributed by atoms with Crippen LogP contribution in [0.25, 0.3) is 0 Å². The molecule has 2 aliphatic rings. The van der Waals surface area contributed by atoms with E-state index in [2.05, 4.69) is 9.88 Å². The van der Waals surface area contributed by atoms with Crippen LogP contribution in [0.5, 0.6) is 0 Å². The highest BCUT2D eigenvalue weighted by Crippen LogP contribution is 2.44. The third kappa shape index (κ3) is 2.51. The maximum atomic E-state index is 13.4. The fourth-order valence-electron chi connectivity index (χ4n) is 3.30. The predicted octanol–water partition coefficient (Wildman–Crippen LogP) is 3.05. The molecule has 110 valence electrons. The summed E-state index contributed by atoms with van der Waals surface area (Å²) >= 11 is 0.